The van der Waals surface area contributed by atoms with Gasteiger partial charge in [0.05, 0.1) is 7.11 Å². The largest absolute Gasteiger partial charge is 0.497 e. The Balaban J connectivity index is 1.87. The standard InChI is InChI=1S/C16H27N3O/c1-13(2)16(17)12-18-7-9-19(10-8-18)14-5-4-6-15(11-14)20-3/h4-6,11,13,16H,7-10,12,17H2,1-3H3. The highest BCUT2D eigenvalue weighted by Gasteiger charge is 2.20. The van der Waals surface area contributed by atoms with Crippen LogP contribution in [-0.2, 0) is 0 Å². The van der Waals surface area contributed by atoms with Crippen molar-refractivity contribution in [3.63, 3.8) is 0 Å². The van der Waals surface area contributed by atoms with Crippen LogP contribution in [0, 0.1) is 5.92 Å². The normalized spacial score (nSPS) is 18.4. The van der Waals surface area contributed by atoms with Crippen LogP contribution in [0.1, 0.15) is 13.8 Å². The first-order valence-electron chi connectivity index (χ1n) is 7.47. The second-order valence-electron chi connectivity index (χ2n) is 5.90. The van der Waals surface area contributed by atoms with Crippen molar-refractivity contribution in [3.8, 4) is 5.75 Å². The monoisotopic (exact) mass is 277 g/mol. The third kappa shape index (κ3) is 3.87. The zero-order valence-electron chi connectivity index (χ0n) is 12.9. The minimum Gasteiger partial charge on any atom is -0.497 e. The fourth-order valence-corrected chi connectivity index (χ4v) is 2.50. The molecule has 2 rings (SSSR count). The van der Waals surface area contributed by atoms with E-state index in [0.717, 1.165) is 38.5 Å². The lowest BCUT2D eigenvalue weighted by molar-refractivity contribution is 0.226. The van der Waals surface area contributed by atoms with Gasteiger partial charge < -0.3 is 15.4 Å². The summed E-state index contributed by atoms with van der Waals surface area (Å²) < 4.78 is 5.29. The fraction of sp³-hybridized carbons (Fsp3) is 0.625. The highest BCUT2D eigenvalue weighted by Crippen LogP contribution is 2.22. The molecule has 1 atom stereocenters. The zero-order chi connectivity index (χ0) is 14.5. The summed E-state index contributed by atoms with van der Waals surface area (Å²) in [6, 6.07) is 8.57. The molecule has 0 bridgehead atoms. The van der Waals surface area contributed by atoms with Crippen molar-refractivity contribution >= 4 is 5.69 Å². The number of nitrogens with zero attached hydrogens (tertiary/aromatic N) is 2. The Morgan fingerprint density at radius 3 is 2.50 bits per heavy atom. The molecule has 1 heterocycles. The van der Waals surface area contributed by atoms with Gasteiger partial charge >= 0.3 is 0 Å². The SMILES string of the molecule is COc1cccc(N2CCN(CC(N)C(C)C)CC2)c1. The number of methoxy groups -OCH3 is 1. The molecule has 1 aromatic rings. The van der Waals surface area contributed by atoms with Crippen LogP contribution in [0.3, 0.4) is 0 Å². The van der Waals surface area contributed by atoms with Crippen molar-refractivity contribution in [1.82, 2.24) is 4.90 Å². The second kappa shape index (κ2) is 6.95. The Hall–Kier alpha value is -1.26. The van der Waals surface area contributed by atoms with Crippen molar-refractivity contribution in [1.29, 1.82) is 0 Å². The highest BCUT2D eigenvalue weighted by molar-refractivity contribution is 5.51. The molecule has 4 heteroatoms. The summed E-state index contributed by atoms with van der Waals surface area (Å²) in [5.74, 6) is 1.47. The van der Waals surface area contributed by atoms with Gasteiger partial charge in [-0.2, -0.15) is 0 Å². The molecule has 1 unspecified atom stereocenters. The number of hydrogen-bond acceptors (Lipinski definition) is 4. The minimum absolute atomic E-state index is 0.276. The Kier molecular flexibility index (Phi) is 5.26. The fourth-order valence-electron chi connectivity index (χ4n) is 2.50. The third-order valence-electron chi connectivity index (χ3n) is 4.12. The van der Waals surface area contributed by atoms with Gasteiger partial charge in [-0.15, -0.1) is 0 Å². The van der Waals surface area contributed by atoms with Gasteiger partial charge in [-0.25, -0.2) is 0 Å². The number of nitrogens with two attached hydrogens (primary N) is 1. The molecule has 1 saturated heterocycles. The van der Waals surface area contributed by atoms with Crippen LogP contribution in [0.4, 0.5) is 5.69 Å². The van der Waals surface area contributed by atoms with E-state index in [-0.39, 0.29) is 6.04 Å². The van der Waals surface area contributed by atoms with Crippen LogP contribution >= 0.6 is 0 Å². The van der Waals surface area contributed by atoms with Gasteiger partial charge in [0, 0.05) is 50.5 Å². The van der Waals surface area contributed by atoms with Crippen molar-refractivity contribution in [2.45, 2.75) is 19.9 Å². The number of anilines is 1. The third-order valence-corrected chi connectivity index (χ3v) is 4.12. The molecule has 1 fully saturated rings. The van der Waals surface area contributed by atoms with Gasteiger partial charge in [-0.3, -0.25) is 4.90 Å². The average molecular weight is 277 g/mol. The molecule has 0 aliphatic carbocycles. The molecule has 112 valence electrons. The molecule has 0 saturated carbocycles. The Labute approximate surface area is 122 Å². The van der Waals surface area contributed by atoms with E-state index in [9.17, 15) is 0 Å². The average Bonchev–Trinajstić information content (AvgIpc) is 2.48. The molecule has 0 radical (unpaired) electrons. The van der Waals surface area contributed by atoms with Crippen molar-refractivity contribution in [2.24, 2.45) is 11.7 Å². The van der Waals surface area contributed by atoms with Crippen LogP contribution in [0.15, 0.2) is 24.3 Å². The highest BCUT2D eigenvalue weighted by atomic mass is 16.5. The summed E-state index contributed by atoms with van der Waals surface area (Å²) in [5, 5.41) is 0. The van der Waals surface area contributed by atoms with Crippen LogP contribution in [0.2, 0.25) is 0 Å². The van der Waals surface area contributed by atoms with E-state index < -0.39 is 0 Å². The quantitative estimate of drug-likeness (QED) is 0.891. The molecule has 0 amide bonds. The molecule has 1 aromatic carbocycles. The van der Waals surface area contributed by atoms with Gasteiger partial charge in [-0.05, 0) is 18.1 Å². The molecule has 0 spiro atoms. The number of ether oxygens (including phenoxy) is 1. The van der Waals surface area contributed by atoms with Gasteiger partial charge in [0.25, 0.3) is 0 Å². The second-order valence-corrected chi connectivity index (χ2v) is 5.90. The number of benzene rings is 1. The summed E-state index contributed by atoms with van der Waals surface area (Å²) in [6.45, 7) is 9.66. The van der Waals surface area contributed by atoms with Crippen LogP contribution in [-0.4, -0.2) is 50.8 Å². The Morgan fingerprint density at radius 2 is 1.90 bits per heavy atom. The van der Waals surface area contributed by atoms with Gasteiger partial charge in [0.2, 0.25) is 0 Å². The lowest BCUT2D eigenvalue weighted by atomic mass is 10.0. The van der Waals surface area contributed by atoms with E-state index in [2.05, 4.69) is 41.8 Å². The van der Waals surface area contributed by atoms with Gasteiger partial charge in [-0.1, -0.05) is 19.9 Å². The van der Waals surface area contributed by atoms with Gasteiger partial charge in [0.1, 0.15) is 5.75 Å². The van der Waals surface area contributed by atoms with Crippen molar-refractivity contribution in [2.75, 3.05) is 44.7 Å². The minimum atomic E-state index is 0.276. The summed E-state index contributed by atoms with van der Waals surface area (Å²) in [6.07, 6.45) is 0. The maximum atomic E-state index is 6.16. The molecule has 1 aliphatic rings. The first-order valence-corrected chi connectivity index (χ1v) is 7.47. The van der Waals surface area contributed by atoms with E-state index in [1.54, 1.807) is 7.11 Å². The van der Waals surface area contributed by atoms with Crippen molar-refractivity contribution < 1.29 is 4.74 Å². The summed E-state index contributed by atoms with van der Waals surface area (Å²) in [5.41, 5.74) is 7.41. The van der Waals surface area contributed by atoms with Gasteiger partial charge in [0.15, 0.2) is 0 Å². The zero-order valence-corrected chi connectivity index (χ0v) is 12.9. The topological polar surface area (TPSA) is 41.7 Å². The van der Waals surface area contributed by atoms with E-state index in [4.69, 9.17) is 10.5 Å². The first-order chi connectivity index (χ1) is 9.60. The lowest BCUT2D eigenvalue weighted by Gasteiger charge is -2.37. The predicted octanol–water partition coefficient (Wildman–Crippen LogP) is 1.80. The molecular weight excluding hydrogens is 250 g/mol. The van der Waals surface area contributed by atoms with E-state index in [1.807, 2.05) is 6.07 Å². The Morgan fingerprint density at radius 1 is 1.20 bits per heavy atom. The summed E-state index contributed by atoms with van der Waals surface area (Å²) in [7, 11) is 1.71. The number of piperazine rings is 1. The van der Waals surface area contributed by atoms with Crippen LogP contribution < -0.4 is 15.4 Å². The molecular formula is C16H27N3O. The maximum absolute atomic E-state index is 6.16. The first kappa shape index (κ1) is 15.1. The Bertz CT molecular complexity index is 414. The van der Waals surface area contributed by atoms with Crippen LogP contribution in [0.5, 0.6) is 5.75 Å². The van der Waals surface area contributed by atoms with E-state index >= 15 is 0 Å². The molecule has 1 aliphatic heterocycles. The predicted molar refractivity (Wildman–Crippen MR) is 84.5 cm³/mol. The summed E-state index contributed by atoms with van der Waals surface area (Å²) in [4.78, 5) is 4.89. The van der Waals surface area contributed by atoms with Crippen molar-refractivity contribution in [3.05, 3.63) is 24.3 Å². The molecule has 2 N–H and O–H groups in total. The lowest BCUT2D eigenvalue weighted by Crippen LogP contribution is -2.50. The van der Waals surface area contributed by atoms with E-state index in [1.165, 1.54) is 5.69 Å². The smallest absolute Gasteiger partial charge is 0.120 e. The van der Waals surface area contributed by atoms with E-state index in [0.29, 0.717) is 5.92 Å². The molecule has 4 nitrogen and oxygen atoms in total. The summed E-state index contributed by atoms with van der Waals surface area (Å²) >= 11 is 0. The molecule has 20 heavy (non-hydrogen) atoms. The maximum Gasteiger partial charge on any atom is 0.120 e. The number of hydrogen-bond donors (Lipinski definition) is 1. The molecule has 0 aromatic heterocycles. The number of rotatable bonds is 5. The van der Waals surface area contributed by atoms with Crippen LogP contribution in [0.25, 0.3) is 0 Å².